The lowest BCUT2D eigenvalue weighted by molar-refractivity contribution is 0.0765. The molecule has 2 N–H and O–H groups in total. The zero-order chi connectivity index (χ0) is 39.4. The fourth-order valence-electron chi connectivity index (χ4n) is 9.05. The molecule has 0 bridgehead atoms. The van der Waals surface area contributed by atoms with E-state index in [1.54, 1.807) is 0 Å². The number of nitrogens with one attached hydrogen (secondary N) is 2. The van der Waals surface area contributed by atoms with Crippen LogP contribution < -0.4 is 10.6 Å². The molecule has 0 heterocycles. The van der Waals surface area contributed by atoms with Gasteiger partial charge in [0.1, 0.15) is 0 Å². The van der Waals surface area contributed by atoms with Crippen molar-refractivity contribution in [3.63, 3.8) is 0 Å². The van der Waals surface area contributed by atoms with Gasteiger partial charge in [0.15, 0.2) is 0 Å². The smallest absolute Gasteiger partial charge is 0.256 e. The second-order valence-electron chi connectivity index (χ2n) is 18.6. The number of ether oxygens (including phenoxy) is 2. The van der Waals surface area contributed by atoms with Crippen LogP contribution in [0.25, 0.3) is 0 Å². The lowest BCUT2D eigenvalue weighted by atomic mass is 9.62. The highest BCUT2D eigenvalue weighted by Crippen LogP contribution is 2.45. The van der Waals surface area contributed by atoms with Crippen LogP contribution >= 0.6 is 24.4 Å². The van der Waals surface area contributed by atoms with E-state index in [-0.39, 0.29) is 10.8 Å². The van der Waals surface area contributed by atoms with Gasteiger partial charge in [-0.3, -0.25) is 0 Å². The molecule has 0 aromatic heterocycles. The number of thiocarbonyl (C=S) groups is 2. The van der Waals surface area contributed by atoms with E-state index in [0.717, 1.165) is 51.9 Å². The molecule has 54 heavy (non-hydrogen) atoms. The molecule has 6 heteroatoms. The van der Waals surface area contributed by atoms with Crippen LogP contribution in [-0.2, 0) is 9.47 Å². The van der Waals surface area contributed by atoms with Crippen LogP contribution in [0.1, 0.15) is 259 Å². The summed E-state index contributed by atoms with van der Waals surface area (Å²) in [6.45, 7) is 14.0. The largest absolute Gasteiger partial charge is 0.471 e. The molecule has 0 amide bonds. The highest BCUT2D eigenvalue weighted by Gasteiger charge is 2.41. The molecule has 0 aromatic rings. The first kappa shape index (κ1) is 51.4. The Hall–Kier alpha value is -0.620. The molecule has 4 nitrogen and oxygen atoms in total. The zero-order valence-corrected chi connectivity index (χ0v) is 38.7. The molecule has 2 atom stereocenters. The van der Waals surface area contributed by atoms with E-state index >= 15 is 0 Å². The first-order valence-corrected chi connectivity index (χ1v) is 24.9. The molecule has 2 unspecified atom stereocenters. The standard InChI is InChI=1S/C48H94N2O2S2/c1-6-8-10-12-14-16-18-20-22-24-26-28-30-32-34-36-38-51-45(53)49-43-48(5)41-44(40-47(3,4)42-48)50-46(54)52-39-37-35-33-31-29-27-25-23-21-19-17-15-13-11-9-7-2/h44H,6-43H2,1-5H3,(H,49,53)(H,50,54). The molecule has 1 aliphatic carbocycles. The number of rotatable bonds is 37. The molecule has 0 spiro atoms. The minimum Gasteiger partial charge on any atom is -0.471 e. The van der Waals surface area contributed by atoms with Gasteiger partial charge in [-0.1, -0.05) is 227 Å². The number of unbranched alkanes of at least 4 members (excludes halogenated alkanes) is 30. The molecule has 320 valence electrons. The Bertz CT molecular complexity index is 868. The molecule has 0 radical (unpaired) electrons. The summed E-state index contributed by atoms with van der Waals surface area (Å²) >= 11 is 11.2. The second kappa shape index (κ2) is 35.5. The molecule has 1 rings (SSSR count). The van der Waals surface area contributed by atoms with Crippen molar-refractivity contribution in [1.82, 2.24) is 10.6 Å². The third kappa shape index (κ3) is 32.5. The van der Waals surface area contributed by atoms with Gasteiger partial charge in [0, 0.05) is 12.6 Å². The van der Waals surface area contributed by atoms with E-state index in [0.29, 0.717) is 16.4 Å². The van der Waals surface area contributed by atoms with Crippen LogP contribution in [0.5, 0.6) is 0 Å². The molecule has 0 aliphatic heterocycles. The minimum absolute atomic E-state index is 0.116. The first-order valence-electron chi connectivity index (χ1n) is 24.0. The van der Waals surface area contributed by atoms with E-state index in [9.17, 15) is 0 Å². The van der Waals surface area contributed by atoms with Crippen LogP contribution in [0.4, 0.5) is 0 Å². The van der Waals surface area contributed by atoms with Crippen LogP contribution in [0.15, 0.2) is 0 Å². The Morgan fingerprint density at radius 3 is 1.13 bits per heavy atom. The molecule has 0 aromatic carbocycles. The Morgan fingerprint density at radius 2 is 0.778 bits per heavy atom. The Labute approximate surface area is 349 Å². The molecule has 0 saturated heterocycles. The SMILES string of the molecule is CCCCCCCCCCCCCCCCCCOC(=S)NCC1(C)CC(NC(=S)OCCCCCCCCCCCCCCCCCC)CC(C)(C)C1. The lowest BCUT2D eigenvalue weighted by Crippen LogP contribution is -2.50. The summed E-state index contributed by atoms with van der Waals surface area (Å²) in [5.74, 6) is 0. The Morgan fingerprint density at radius 1 is 0.463 bits per heavy atom. The Balaban J connectivity index is 2.03. The van der Waals surface area contributed by atoms with Crippen LogP contribution in [-0.4, -0.2) is 36.1 Å². The average molecular weight is 795 g/mol. The van der Waals surface area contributed by atoms with Gasteiger partial charge in [-0.15, -0.1) is 0 Å². The van der Waals surface area contributed by atoms with Crippen LogP contribution in [0.2, 0.25) is 0 Å². The topological polar surface area (TPSA) is 42.5 Å². The van der Waals surface area contributed by atoms with Gasteiger partial charge in [0.2, 0.25) is 0 Å². The third-order valence-electron chi connectivity index (χ3n) is 11.9. The maximum Gasteiger partial charge on any atom is 0.256 e. The Kier molecular flexibility index (Phi) is 33.8. The monoisotopic (exact) mass is 795 g/mol. The van der Waals surface area contributed by atoms with Crippen molar-refractivity contribution < 1.29 is 9.47 Å². The van der Waals surface area contributed by atoms with Crippen molar-refractivity contribution in [3.05, 3.63) is 0 Å². The highest BCUT2D eigenvalue weighted by molar-refractivity contribution is 7.80. The predicted molar refractivity (Wildman–Crippen MR) is 247 cm³/mol. The van der Waals surface area contributed by atoms with E-state index in [4.69, 9.17) is 33.9 Å². The lowest BCUT2D eigenvalue weighted by Gasteiger charge is -2.47. The van der Waals surface area contributed by atoms with Gasteiger partial charge in [-0.2, -0.15) is 0 Å². The summed E-state index contributed by atoms with van der Waals surface area (Å²) < 4.78 is 11.9. The summed E-state index contributed by atoms with van der Waals surface area (Å²) in [6, 6.07) is 0.318. The summed E-state index contributed by atoms with van der Waals surface area (Å²) in [5, 5.41) is 8.17. The van der Waals surface area contributed by atoms with Gasteiger partial charge in [0.05, 0.1) is 13.2 Å². The van der Waals surface area contributed by atoms with Crippen molar-refractivity contribution in [2.24, 2.45) is 10.8 Å². The van der Waals surface area contributed by atoms with Crippen molar-refractivity contribution in [3.8, 4) is 0 Å². The van der Waals surface area contributed by atoms with Gasteiger partial charge < -0.3 is 20.1 Å². The molecule has 1 aliphatic rings. The van der Waals surface area contributed by atoms with E-state index < -0.39 is 0 Å². The van der Waals surface area contributed by atoms with Crippen LogP contribution in [0, 0.1) is 10.8 Å². The minimum atomic E-state index is 0.116. The molecular weight excluding hydrogens is 701 g/mol. The van der Waals surface area contributed by atoms with Gasteiger partial charge >= 0.3 is 0 Å². The normalized spacial score (nSPS) is 18.1. The van der Waals surface area contributed by atoms with Gasteiger partial charge in [-0.05, 0) is 67.4 Å². The summed E-state index contributed by atoms with van der Waals surface area (Å²) in [5.41, 5.74) is 0.344. The number of hydrogen-bond acceptors (Lipinski definition) is 4. The molecule has 1 fully saturated rings. The highest BCUT2D eigenvalue weighted by atomic mass is 32.1. The maximum absolute atomic E-state index is 5.99. The zero-order valence-electron chi connectivity index (χ0n) is 37.1. The van der Waals surface area contributed by atoms with Gasteiger partial charge in [0.25, 0.3) is 10.3 Å². The average Bonchev–Trinajstić information content (AvgIpc) is 3.12. The fourth-order valence-corrected chi connectivity index (χ4v) is 9.45. The van der Waals surface area contributed by atoms with E-state index in [2.05, 4.69) is 45.3 Å². The number of hydrogen-bond donors (Lipinski definition) is 2. The predicted octanol–water partition coefficient (Wildman–Crippen LogP) is 15.9. The fraction of sp³-hybridized carbons (Fsp3) is 0.958. The van der Waals surface area contributed by atoms with Crippen molar-refractivity contribution >= 4 is 34.8 Å². The summed E-state index contributed by atoms with van der Waals surface area (Å²) in [4.78, 5) is 0. The van der Waals surface area contributed by atoms with Crippen molar-refractivity contribution in [2.75, 3.05) is 19.8 Å². The maximum atomic E-state index is 5.99. The van der Waals surface area contributed by atoms with E-state index in [1.807, 2.05) is 0 Å². The van der Waals surface area contributed by atoms with E-state index in [1.165, 1.54) is 193 Å². The quantitative estimate of drug-likeness (QED) is 0.0482. The summed E-state index contributed by atoms with van der Waals surface area (Å²) in [6.07, 6.45) is 47.5. The molecule has 1 saturated carbocycles. The van der Waals surface area contributed by atoms with Crippen LogP contribution in [0.3, 0.4) is 0 Å². The summed E-state index contributed by atoms with van der Waals surface area (Å²) in [7, 11) is 0. The van der Waals surface area contributed by atoms with Gasteiger partial charge in [-0.25, -0.2) is 0 Å². The third-order valence-corrected chi connectivity index (χ3v) is 12.4. The second-order valence-corrected chi connectivity index (χ2v) is 19.4. The van der Waals surface area contributed by atoms with Crippen molar-refractivity contribution in [2.45, 2.75) is 265 Å². The molecular formula is C48H94N2O2S2. The first-order chi connectivity index (χ1) is 26.2. The van der Waals surface area contributed by atoms with Crippen molar-refractivity contribution in [1.29, 1.82) is 0 Å².